The Morgan fingerprint density at radius 2 is 2.14 bits per heavy atom. The zero-order chi connectivity index (χ0) is 14.7. The molecular formula is C14H11ClFN5. The van der Waals surface area contributed by atoms with Crippen molar-refractivity contribution in [2.24, 2.45) is 0 Å². The minimum atomic E-state index is -0.331. The Kier molecular flexibility index (Phi) is 3.79. The molecule has 0 saturated heterocycles. The number of rotatable bonds is 4. The summed E-state index contributed by atoms with van der Waals surface area (Å²) in [5.74, 6) is 0.331. The predicted octanol–water partition coefficient (Wildman–Crippen LogP) is 3.07. The van der Waals surface area contributed by atoms with Crippen molar-refractivity contribution in [3.63, 3.8) is 0 Å². The highest BCUT2D eigenvalue weighted by Crippen LogP contribution is 2.16. The van der Waals surface area contributed by atoms with Crippen molar-refractivity contribution >= 4 is 17.3 Å². The summed E-state index contributed by atoms with van der Waals surface area (Å²) in [7, 11) is 0. The van der Waals surface area contributed by atoms with Gasteiger partial charge < -0.3 is 5.32 Å². The lowest BCUT2D eigenvalue weighted by Crippen LogP contribution is -2.03. The largest absolute Gasteiger partial charge is 0.380 e. The van der Waals surface area contributed by atoms with Gasteiger partial charge in [0.15, 0.2) is 5.82 Å². The zero-order valence-electron chi connectivity index (χ0n) is 10.9. The van der Waals surface area contributed by atoms with E-state index in [9.17, 15) is 4.39 Å². The molecule has 0 amide bonds. The molecule has 0 aliphatic heterocycles. The first-order chi connectivity index (χ1) is 10.2. The third-order valence-corrected chi connectivity index (χ3v) is 3.13. The van der Waals surface area contributed by atoms with Crippen molar-refractivity contribution in [2.45, 2.75) is 6.54 Å². The molecular weight excluding hydrogens is 293 g/mol. The fraction of sp³-hybridized carbons (Fsp3) is 0.0714. The SMILES string of the molecule is Fc1cc(Cl)ccc1CNc1ccc(-n2cncn2)nc1. The molecule has 0 unspecified atom stereocenters. The number of halogens is 2. The van der Waals surface area contributed by atoms with E-state index in [2.05, 4.69) is 20.4 Å². The smallest absolute Gasteiger partial charge is 0.155 e. The topological polar surface area (TPSA) is 55.6 Å². The van der Waals surface area contributed by atoms with Gasteiger partial charge >= 0.3 is 0 Å². The maximum absolute atomic E-state index is 13.6. The highest BCUT2D eigenvalue weighted by Gasteiger charge is 2.03. The van der Waals surface area contributed by atoms with Crippen molar-refractivity contribution in [3.05, 3.63) is 65.6 Å². The molecule has 3 aromatic rings. The van der Waals surface area contributed by atoms with E-state index in [1.807, 2.05) is 6.07 Å². The van der Waals surface area contributed by atoms with Gasteiger partial charge in [-0.25, -0.2) is 19.0 Å². The molecule has 7 heteroatoms. The second kappa shape index (κ2) is 5.88. The molecule has 0 aliphatic rings. The summed E-state index contributed by atoms with van der Waals surface area (Å²) in [6, 6.07) is 8.26. The van der Waals surface area contributed by atoms with Crippen LogP contribution in [0.2, 0.25) is 5.02 Å². The van der Waals surface area contributed by atoms with Crippen LogP contribution in [0.15, 0.2) is 49.2 Å². The third-order valence-electron chi connectivity index (χ3n) is 2.90. The monoisotopic (exact) mass is 303 g/mol. The van der Waals surface area contributed by atoms with Crippen molar-refractivity contribution < 1.29 is 4.39 Å². The molecule has 106 valence electrons. The molecule has 3 rings (SSSR count). The van der Waals surface area contributed by atoms with Crippen LogP contribution in [-0.2, 0) is 6.54 Å². The van der Waals surface area contributed by atoms with Crippen molar-refractivity contribution in [2.75, 3.05) is 5.32 Å². The number of pyridine rings is 1. The number of aromatic nitrogens is 4. The summed E-state index contributed by atoms with van der Waals surface area (Å²) < 4.78 is 15.2. The van der Waals surface area contributed by atoms with Crippen LogP contribution < -0.4 is 5.32 Å². The molecule has 1 aromatic carbocycles. The van der Waals surface area contributed by atoms with Gasteiger partial charge in [-0.05, 0) is 24.3 Å². The standard InChI is InChI=1S/C14H11ClFN5/c15-11-2-1-10(13(16)5-11)6-18-12-3-4-14(19-7-12)21-9-17-8-20-21/h1-5,7-9,18H,6H2. The number of hydrogen-bond acceptors (Lipinski definition) is 4. The van der Waals surface area contributed by atoms with Gasteiger partial charge in [-0.3, -0.25) is 0 Å². The summed E-state index contributed by atoms with van der Waals surface area (Å²) in [5, 5.41) is 7.48. The van der Waals surface area contributed by atoms with Crippen LogP contribution in [0.1, 0.15) is 5.56 Å². The first kappa shape index (κ1) is 13.5. The summed E-state index contributed by atoms with van der Waals surface area (Å²) in [4.78, 5) is 8.11. The molecule has 1 N–H and O–H groups in total. The van der Waals surface area contributed by atoms with Gasteiger partial charge in [0.05, 0.1) is 11.9 Å². The van der Waals surface area contributed by atoms with Gasteiger partial charge in [0, 0.05) is 17.1 Å². The Hall–Kier alpha value is -2.47. The van der Waals surface area contributed by atoms with E-state index in [0.29, 0.717) is 22.9 Å². The average molecular weight is 304 g/mol. The zero-order valence-corrected chi connectivity index (χ0v) is 11.6. The van der Waals surface area contributed by atoms with E-state index in [1.165, 1.54) is 12.4 Å². The maximum atomic E-state index is 13.6. The van der Waals surface area contributed by atoms with Crippen LogP contribution >= 0.6 is 11.6 Å². The Bertz CT molecular complexity index is 728. The first-order valence-electron chi connectivity index (χ1n) is 6.21. The fourth-order valence-electron chi connectivity index (χ4n) is 1.82. The van der Waals surface area contributed by atoms with E-state index in [4.69, 9.17) is 11.6 Å². The summed E-state index contributed by atoms with van der Waals surface area (Å²) in [5.41, 5.74) is 1.33. The molecule has 2 aromatic heterocycles. The minimum Gasteiger partial charge on any atom is -0.380 e. The molecule has 21 heavy (non-hydrogen) atoms. The van der Waals surface area contributed by atoms with Crippen molar-refractivity contribution in [3.8, 4) is 5.82 Å². The second-order valence-electron chi connectivity index (χ2n) is 4.33. The van der Waals surface area contributed by atoms with Gasteiger partial charge in [0.1, 0.15) is 18.5 Å². The van der Waals surface area contributed by atoms with E-state index in [0.717, 1.165) is 5.69 Å². The lowest BCUT2D eigenvalue weighted by molar-refractivity contribution is 0.613. The molecule has 0 fully saturated rings. The van der Waals surface area contributed by atoms with E-state index >= 15 is 0 Å². The molecule has 0 saturated carbocycles. The number of hydrogen-bond donors (Lipinski definition) is 1. The van der Waals surface area contributed by atoms with Gasteiger partial charge in [0.2, 0.25) is 0 Å². The molecule has 0 spiro atoms. The van der Waals surface area contributed by atoms with Gasteiger partial charge in [0.25, 0.3) is 0 Å². The molecule has 0 atom stereocenters. The summed E-state index contributed by atoms with van der Waals surface area (Å²) >= 11 is 5.72. The van der Waals surface area contributed by atoms with Crippen LogP contribution in [0, 0.1) is 5.82 Å². The lowest BCUT2D eigenvalue weighted by atomic mass is 10.2. The molecule has 0 radical (unpaired) electrons. The summed E-state index contributed by atoms with van der Waals surface area (Å²) in [6.45, 7) is 0.355. The Morgan fingerprint density at radius 1 is 1.24 bits per heavy atom. The predicted molar refractivity (Wildman–Crippen MR) is 77.9 cm³/mol. The number of anilines is 1. The lowest BCUT2D eigenvalue weighted by Gasteiger charge is -2.08. The van der Waals surface area contributed by atoms with Crippen molar-refractivity contribution in [1.29, 1.82) is 0 Å². The fourth-order valence-corrected chi connectivity index (χ4v) is 1.97. The van der Waals surface area contributed by atoms with Crippen LogP contribution in [0.25, 0.3) is 5.82 Å². The van der Waals surface area contributed by atoms with Gasteiger partial charge in [-0.15, -0.1) is 0 Å². The van der Waals surface area contributed by atoms with Gasteiger partial charge in [-0.2, -0.15) is 5.10 Å². The van der Waals surface area contributed by atoms with Gasteiger partial charge in [-0.1, -0.05) is 17.7 Å². The molecule has 0 aliphatic carbocycles. The highest BCUT2D eigenvalue weighted by molar-refractivity contribution is 6.30. The van der Waals surface area contributed by atoms with E-state index < -0.39 is 0 Å². The Balaban J connectivity index is 1.68. The maximum Gasteiger partial charge on any atom is 0.155 e. The van der Waals surface area contributed by atoms with E-state index in [1.54, 1.807) is 35.4 Å². The number of benzene rings is 1. The van der Waals surface area contributed by atoms with Crippen LogP contribution in [0.5, 0.6) is 0 Å². The molecule has 2 heterocycles. The number of nitrogens with one attached hydrogen (secondary N) is 1. The number of nitrogens with zero attached hydrogens (tertiary/aromatic N) is 4. The quantitative estimate of drug-likeness (QED) is 0.805. The average Bonchev–Trinajstić information content (AvgIpc) is 3.01. The van der Waals surface area contributed by atoms with Crippen LogP contribution in [0.4, 0.5) is 10.1 Å². The van der Waals surface area contributed by atoms with E-state index in [-0.39, 0.29) is 5.82 Å². The molecule has 5 nitrogen and oxygen atoms in total. The first-order valence-corrected chi connectivity index (χ1v) is 6.59. The normalized spacial score (nSPS) is 10.6. The summed E-state index contributed by atoms with van der Waals surface area (Å²) in [6.07, 6.45) is 4.67. The van der Waals surface area contributed by atoms with Crippen LogP contribution in [0.3, 0.4) is 0 Å². The molecule has 0 bridgehead atoms. The van der Waals surface area contributed by atoms with Crippen molar-refractivity contribution in [1.82, 2.24) is 19.7 Å². The van der Waals surface area contributed by atoms with Crippen LogP contribution in [-0.4, -0.2) is 19.7 Å². The minimum absolute atomic E-state index is 0.331. The Labute approximate surface area is 125 Å². The Morgan fingerprint density at radius 3 is 2.81 bits per heavy atom. The second-order valence-corrected chi connectivity index (χ2v) is 4.77. The third kappa shape index (κ3) is 3.17. The highest BCUT2D eigenvalue weighted by atomic mass is 35.5.